The Bertz CT molecular complexity index is 992. The third-order valence-corrected chi connectivity index (χ3v) is 6.50. The molecule has 0 aliphatic carbocycles. The standard InChI is InChI=1S/C17H18N2O5S/c1-17(2,16(21)22)18(3)14(20)10-19-12-8-4-6-11-7-5-9-13(15(11)12)25(19,23)24/h4-9H,10H2,1-3H3,(H,21,22). The van der Waals surface area contributed by atoms with Crippen LogP contribution in [-0.2, 0) is 19.6 Å². The van der Waals surface area contributed by atoms with Gasteiger partial charge >= 0.3 is 5.97 Å². The van der Waals surface area contributed by atoms with Gasteiger partial charge in [0, 0.05) is 12.4 Å². The number of likely N-dealkylation sites (N-methyl/N-ethyl adjacent to an activating group) is 1. The number of hydrogen-bond acceptors (Lipinski definition) is 4. The number of carbonyl (C=O) groups excluding carboxylic acids is 1. The van der Waals surface area contributed by atoms with Crippen molar-refractivity contribution in [2.75, 3.05) is 17.9 Å². The molecule has 0 fully saturated rings. The van der Waals surface area contributed by atoms with E-state index in [0.717, 1.165) is 14.6 Å². The van der Waals surface area contributed by atoms with E-state index in [9.17, 15) is 23.1 Å². The number of carboxylic acids is 1. The monoisotopic (exact) mass is 362 g/mol. The van der Waals surface area contributed by atoms with Gasteiger partial charge in [0.15, 0.2) is 0 Å². The highest BCUT2D eigenvalue weighted by atomic mass is 32.2. The Balaban J connectivity index is 2.02. The number of anilines is 1. The predicted octanol–water partition coefficient (Wildman–Crippen LogP) is 1.67. The van der Waals surface area contributed by atoms with E-state index < -0.39 is 34.0 Å². The van der Waals surface area contributed by atoms with Crippen LogP contribution in [0.25, 0.3) is 10.8 Å². The summed E-state index contributed by atoms with van der Waals surface area (Å²) in [6.07, 6.45) is 0. The SMILES string of the molecule is CN(C(=O)CN1c2cccc3cccc(c23)S1(=O)=O)C(C)(C)C(=O)O. The van der Waals surface area contributed by atoms with Gasteiger partial charge in [0.2, 0.25) is 5.91 Å². The van der Waals surface area contributed by atoms with Gasteiger partial charge in [0.25, 0.3) is 10.0 Å². The Morgan fingerprint density at radius 2 is 1.76 bits per heavy atom. The summed E-state index contributed by atoms with van der Waals surface area (Å²) in [6, 6.07) is 10.2. The summed E-state index contributed by atoms with van der Waals surface area (Å²) >= 11 is 0. The van der Waals surface area contributed by atoms with Crippen molar-refractivity contribution in [2.45, 2.75) is 24.3 Å². The first-order chi connectivity index (χ1) is 11.6. The highest BCUT2D eigenvalue weighted by molar-refractivity contribution is 7.93. The minimum absolute atomic E-state index is 0.161. The summed E-state index contributed by atoms with van der Waals surface area (Å²) in [5, 5.41) is 10.6. The van der Waals surface area contributed by atoms with Gasteiger partial charge in [-0.2, -0.15) is 0 Å². The summed E-state index contributed by atoms with van der Waals surface area (Å²) in [7, 11) is -2.50. The second-order valence-corrected chi connectivity index (χ2v) is 8.29. The van der Waals surface area contributed by atoms with Crippen molar-refractivity contribution in [1.29, 1.82) is 0 Å². The number of aliphatic carboxylic acids is 1. The lowest BCUT2D eigenvalue weighted by atomic mass is 10.0. The van der Waals surface area contributed by atoms with Crippen molar-refractivity contribution in [3.05, 3.63) is 36.4 Å². The second kappa shape index (κ2) is 5.45. The molecule has 3 rings (SSSR count). The Morgan fingerprint density at radius 3 is 2.36 bits per heavy atom. The van der Waals surface area contributed by atoms with Gasteiger partial charge in [-0.1, -0.05) is 24.3 Å². The molecule has 0 saturated heterocycles. The lowest BCUT2D eigenvalue weighted by Crippen LogP contribution is -2.53. The van der Waals surface area contributed by atoms with Crippen LogP contribution in [0.4, 0.5) is 5.69 Å². The molecule has 25 heavy (non-hydrogen) atoms. The van der Waals surface area contributed by atoms with Crippen LogP contribution in [0.15, 0.2) is 41.3 Å². The molecule has 1 N–H and O–H groups in total. The molecule has 0 saturated carbocycles. The molecule has 2 aromatic rings. The van der Waals surface area contributed by atoms with Crippen LogP contribution in [0, 0.1) is 0 Å². The van der Waals surface area contributed by atoms with Gasteiger partial charge in [-0.25, -0.2) is 13.2 Å². The normalized spacial score (nSPS) is 15.4. The average Bonchev–Trinajstić information content (AvgIpc) is 2.77. The van der Waals surface area contributed by atoms with Crippen LogP contribution in [-0.4, -0.2) is 49.4 Å². The molecule has 0 radical (unpaired) electrons. The van der Waals surface area contributed by atoms with Gasteiger partial charge in [0.1, 0.15) is 12.1 Å². The van der Waals surface area contributed by atoms with Crippen LogP contribution in [0.2, 0.25) is 0 Å². The van der Waals surface area contributed by atoms with Crippen molar-refractivity contribution in [3.63, 3.8) is 0 Å². The van der Waals surface area contributed by atoms with Crippen molar-refractivity contribution >= 4 is 38.4 Å². The van der Waals surface area contributed by atoms with Crippen LogP contribution >= 0.6 is 0 Å². The lowest BCUT2D eigenvalue weighted by Gasteiger charge is -2.33. The van der Waals surface area contributed by atoms with E-state index >= 15 is 0 Å². The van der Waals surface area contributed by atoms with E-state index in [4.69, 9.17) is 0 Å². The third-order valence-electron chi connectivity index (χ3n) is 4.70. The molecule has 2 aromatic carbocycles. The Kier molecular flexibility index (Phi) is 3.75. The maximum Gasteiger partial charge on any atom is 0.329 e. The van der Waals surface area contributed by atoms with E-state index in [-0.39, 0.29) is 4.90 Å². The van der Waals surface area contributed by atoms with Crippen molar-refractivity contribution in [2.24, 2.45) is 0 Å². The number of benzene rings is 2. The quantitative estimate of drug-likeness (QED) is 0.893. The Morgan fingerprint density at radius 1 is 1.16 bits per heavy atom. The maximum atomic E-state index is 12.8. The molecule has 0 aromatic heterocycles. The van der Waals surface area contributed by atoms with Crippen LogP contribution in [0.3, 0.4) is 0 Å². The molecule has 0 bridgehead atoms. The van der Waals surface area contributed by atoms with Crippen molar-refractivity contribution < 1.29 is 23.1 Å². The van der Waals surface area contributed by atoms with E-state index in [0.29, 0.717) is 11.1 Å². The first-order valence-corrected chi connectivity index (χ1v) is 9.07. The smallest absolute Gasteiger partial charge is 0.329 e. The minimum atomic E-state index is -3.85. The van der Waals surface area contributed by atoms with E-state index in [1.807, 2.05) is 12.1 Å². The van der Waals surface area contributed by atoms with Gasteiger partial charge in [-0.05, 0) is 31.4 Å². The summed E-state index contributed by atoms with van der Waals surface area (Å²) < 4.78 is 26.7. The fourth-order valence-corrected chi connectivity index (χ4v) is 4.47. The fraction of sp³-hybridized carbons (Fsp3) is 0.294. The number of carboxylic acid groups (broad SMARTS) is 1. The molecular weight excluding hydrogens is 344 g/mol. The molecule has 0 atom stereocenters. The summed E-state index contributed by atoms with van der Waals surface area (Å²) in [5.41, 5.74) is -1.01. The molecule has 0 unspecified atom stereocenters. The fourth-order valence-electron chi connectivity index (χ4n) is 2.81. The predicted molar refractivity (Wildman–Crippen MR) is 93.0 cm³/mol. The van der Waals surface area contributed by atoms with Crippen LogP contribution < -0.4 is 4.31 Å². The molecule has 1 aliphatic heterocycles. The average molecular weight is 362 g/mol. The van der Waals surface area contributed by atoms with Crippen LogP contribution in [0.5, 0.6) is 0 Å². The van der Waals surface area contributed by atoms with Gasteiger partial charge in [-0.15, -0.1) is 0 Å². The molecular formula is C17H18N2O5S. The zero-order valence-corrected chi connectivity index (χ0v) is 14.9. The first kappa shape index (κ1) is 17.2. The van der Waals surface area contributed by atoms with E-state index in [2.05, 4.69) is 0 Å². The lowest BCUT2D eigenvalue weighted by molar-refractivity contribution is -0.154. The van der Waals surface area contributed by atoms with Gasteiger partial charge in [-0.3, -0.25) is 9.10 Å². The number of carbonyl (C=O) groups is 2. The zero-order valence-electron chi connectivity index (χ0n) is 14.1. The highest BCUT2D eigenvalue weighted by Crippen LogP contribution is 2.41. The number of amides is 1. The van der Waals surface area contributed by atoms with Gasteiger partial charge in [0.05, 0.1) is 10.6 Å². The topological polar surface area (TPSA) is 95.0 Å². The molecule has 7 nitrogen and oxygen atoms in total. The minimum Gasteiger partial charge on any atom is -0.480 e. The summed E-state index contributed by atoms with van der Waals surface area (Å²) in [6.45, 7) is 2.33. The molecule has 1 heterocycles. The highest BCUT2D eigenvalue weighted by Gasteiger charge is 2.40. The second-order valence-electron chi connectivity index (χ2n) is 6.46. The summed E-state index contributed by atoms with van der Waals surface area (Å²) in [4.78, 5) is 25.1. The number of sulfonamides is 1. The number of nitrogens with zero attached hydrogens (tertiary/aromatic N) is 2. The number of rotatable bonds is 4. The van der Waals surface area contributed by atoms with Crippen LogP contribution in [0.1, 0.15) is 13.8 Å². The molecule has 0 spiro atoms. The molecule has 1 amide bonds. The van der Waals surface area contributed by atoms with Crippen molar-refractivity contribution in [3.8, 4) is 0 Å². The Labute approximate surface area is 145 Å². The van der Waals surface area contributed by atoms with Gasteiger partial charge < -0.3 is 10.0 Å². The number of hydrogen-bond donors (Lipinski definition) is 1. The zero-order chi connectivity index (χ0) is 18.6. The maximum absolute atomic E-state index is 12.8. The first-order valence-electron chi connectivity index (χ1n) is 7.63. The summed E-state index contributed by atoms with van der Waals surface area (Å²) in [5.74, 6) is -1.76. The van der Waals surface area contributed by atoms with E-state index in [1.54, 1.807) is 18.2 Å². The molecule has 8 heteroatoms. The van der Waals surface area contributed by atoms with E-state index in [1.165, 1.54) is 27.0 Å². The molecule has 132 valence electrons. The molecule has 1 aliphatic rings. The third kappa shape index (κ3) is 2.44. The largest absolute Gasteiger partial charge is 0.480 e. The Hall–Kier alpha value is -2.61. The van der Waals surface area contributed by atoms with Crippen molar-refractivity contribution in [1.82, 2.24) is 4.90 Å².